The van der Waals surface area contributed by atoms with Crippen molar-refractivity contribution in [3.05, 3.63) is 78.4 Å². The van der Waals surface area contributed by atoms with Crippen LogP contribution in [0.1, 0.15) is 16.1 Å². The highest BCUT2D eigenvalue weighted by Crippen LogP contribution is 2.22. The number of ether oxygens (including phenoxy) is 1. The average molecular weight is 330 g/mol. The number of carbonyl (C=O) groups excluding carboxylic acids is 1. The third-order valence-corrected chi connectivity index (χ3v) is 3.91. The molecule has 0 aliphatic rings. The summed E-state index contributed by atoms with van der Waals surface area (Å²) in [7, 11) is 1.57. The van der Waals surface area contributed by atoms with Gasteiger partial charge in [0.2, 0.25) is 5.78 Å². The molecule has 2 aromatic carbocycles. The van der Waals surface area contributed by atoms with Crippen molar-refractivity contribution in [3.63, 3.8) is 0 Å². The van der Waals surface area contributed by atoms with Crippen molar-refractivity contribution < 1.29 is 9.53 Å². The molecule has 0 saturated carbocycles. The highest BCUT2D eigenvalue weighted by Gasteiger charge is 2.18. The Kier molecular flexibility index (Phi) is 3.70. The molecular weight excluding hydrogens is 316 g/mol. The summed E-state index contributed by atoms with van der Waals surface area (Å²) in [6, 6.07) is 16.6. The maximum atomic E-state index is 12.9. The summed E-state index contributed by atoms with van der Waals surface area (Å²) in [6.45, 7) is 0. The maximum Gasteiger partial charge on any atom is 0.212 e. The molecule has 25 heavy (non-hydrogen) atoms. The number of para-hydroxylation sites is 1. The Labute approximate surface area is 143 Å². The van der Waals surface area contributed by atoms with E-state index in [1.165, 1.54) is 6.33 Å². The summed E-state index contributed by atoms with van der Waals surface area (Å²) in [4.78, 5) is 21.4. The van der Waals surface area contributed by atoms with Crippen LogP contribution in [0.3, 0.4) is 0 Å². The summed E-state index contributed by atoms with van der Waals surface area (Å²) in [5.41, 5.74) is 2.29. The molecule has 2 aromatic heterocycles. The number of rotatable bonds is 4. The van der Waals surface area contributed by atoms with E-state index in [2.05, 4.69) is 15.1 Å². The van der Waals surface area contributed by atoms with Gasteiger partial charge in [-0.2, -0.15) is 5.10 Å². The van der Waals surface area contributed by atoms with Crippen molar-refractivity contribution in [2.24, 2.45) is 0 Å². The second kappa shape index (κ2) is 6.16. The van der Waals surface area contributed by atoms with Crippen LogP contribution in [0.2, 0.25) is 0 Å². The van der Waals surface area contributed by atoms with Gasteiger partial charge in [0, 0.05) is 5.56 Å². The topological polar surface area (TPSA) is 69.9 Å². The first-order chi connectivity index (χ1) is 12.3. The standard InChI is InChI=1S/C19H14N4O2/c1-25-15-9-5-6-13(10-15)18(24)17-16-11-22-23(19(16)21-12-20-17)14-7-3-2-4-8-14/h2-12H,1H3. The minimum absolute atomic E-state index is 0.195. The Bertz CT molecular complexity index is 1060. The van der Waals surface area contributed by atoms with Crippen molar-refractivity contribution in [1.82, 2.24) is 19.7 Å². The van der Waals surface area contributed by atoms with Crippen LogP contribution in [0.25, 0.3) is 16.7 Å². The van der Waals surface area contributed by atoms with Crippen molar-refractivity contribution in [1.29, 1.82) is 0 Å². The molecule has 0 aliphatic heterocycles. The van der Waals surface area contributed by atoms with E-state index in [9.17, 15) is 4.79 Å². The van der Waals surface area contributed by atoms with Crippen molar-refractivity contribution >= 4 is 16.8 Å². The predicted octanol–water partition coefficient (Wildman–Crippen LogP) is 3.06. The lowest BCUT2D eigenvalue weighted by Gasteiger charge is -2.05. The molecule has 122 valence electrons. The molecule has 0 bridgehead atoms. The molecule has 0 fully saturated rings. The van der Waals surface area contributed by atoms with Crippen molar-refractivity contribution in [2.45, 2.75) is 0 Å². The minimum atomic E-state index is -0.195. The first-order valence-corrected chi connectivity index (χ1v) is 7.71. The van der Waals surface area contributed by atoms with Crippen LogP contribution in [-0.2, 0) is 0 Å². The van der Waals surface area contributed by atoms with E-state index < -0.39 is 0 Å². The molecule has 6 heteroatoms. The fourth-order valence-electron chi connectivity index (χ4n) is 2.68. The van der Waals surface area contributed by atoms with Gasteiger partial charge in [-0.15, -0.1) is 0 Å². The Hall–Kier alpha value is -3.54. The van der Waals surface area contributed by atoms with Crippen LogP contribution >= 0.6 is 0 Å². The lowest BCUT2D eigenvalue weighted by Crippen LogP contribution is -2.06. The minimum Gasteiger partial charge on any atom is -0.497 e. The number of carbonyl (C=O) groups is 1. The normalized spacial score (nSPS) is 10.8. The van der Waals surface area contributed by atoms with E-state index in [1.807, 2.05) is 30.3 Å². The Morgan fingerprint density at radius 3 is 2.68 bits per heavy atom. The number of aromatic nitrogens is 4. The second-order valence-corrected chi connectivity index (χ2v) is 5.41. The zero-order chi connectivity index (χ0) is 17.2. The number of benzene rings is 2. The fourth-order valence-corrected chi connectivity index (χ4v) is 2.68. The molecule has 0 radical (unpaired) electrons. The van der Waals surface area contributed by atoms with Gasteiger partial charge < -0.3 is 4.74 Å². The smallest absolute Gasteiger partial charge is 0.212 e. The molecule has 0 amide bonds. The highest BCUT2D eigenvalue weighted by atomic mass is 16.5. The number of fused-ring (bicyclic) bond motifs is 1. The SMILES string of the molecule is COc1cccc(C(=O)c2ncnc3c2cnn3-c2ccccc2)c1. The Balaban J connectivity index is 1.83. The van der Waals surface area contributed by atoms with Gasteiger partial charge >= 0.3 is 0 Å². The van der Waals surface area contributed by atoms with Crippen molar-refractivity contribution in [2.75, 3.05) is 7.11 Å². The van der Waals surface area contributed by atoms with Crippen LogP contribution in [0.5, 0.6) is 5.75 Å². The zero-order valence-electron chi connectivity index (χ0n) is 13.5. The summed E-state index contributed by atoms with van der Waals surface area (Å²) >= 11 is 0. The molecule has 0 atom stereocenters. The van der Waals surface area contributed by atoms with E-state index in [1.54, 1.807) is 42.3 Å². The van der Waals surface area contributed by atoms with Crippen LogP contribution in [0.4, 0.5) is 0 Å². The Morgan fingerprint density at radius 2 is 1.88 bits per heavy atom. The number of ketones is 1. The van der Waals surface area contributed by atoms with Crippen LogP contribution in [0, 0.1) is 0 Å². The van der Waals surface area contributed by atoms with Crippen LogP contribution in [0.15, 0.2) is 67.1 Å². The average Bonchev–Trinajstić information content (AvgIpc) is 3.12. The van der Waals surface area contributed by atoms with Gasteiger partial charge in [0.15, 0.2) is 5.65 Å². The Morgan fingerprint density at radius 1 is 1.04 bits per heavy atom. The lowest BCUT2D eigenvalue weighted by molar-refractivity contribution is 0.103. The van der Waals surface area contributed by atoms with E-state index in [-0.39, 0.29) is 5.78 Å². The zero-order valence-corrected chi connectivity index (χ0v) is 13.5. The third-order valence-electron chi connectivity index (χ3n) is 3.91. The fraction of sp³-hybridized carbons (Fsp3) is 0.0526. The molecular formula is C19H14N4O2. The molecule has 4 aromatic rings. The highest BCUT2D eigenvalue weighted by molar-refractivity contribution is 6.14. The summed E-state index contributed by atoms with van der Waals surface area (Å²) in [5, 5.41) is 4.98. The predicted molar refractivity (Wildman–Crippen MR) is 93.1 cm³/mol. The first-order valence-electron chi connectivity index (χ1n) is 7.71. The largest absolute Gasteiger partial charge is 0.497 e. The summed E-state index contributed by atoms with van der Waals surface area (Å²) in [5.74, 6) is 0.426. The third kappa shape index (κ3) is 2.63. The van der Waals surface area contributed by atoms with E-state index in [0.717, 1.165) is 5.69 Å². The van der Waals surface area contributed by atoms with Gasteiger partial charge in [0.1, 0.15) is 17.8 Å². The monoisotopic (exact) mass is 330 g/mol. The quantitative estimate of drug-likeness (QED) is 0.538. The molecule has 2 heterocycles. The molecule has 0 N–H and O–H groups in total. The number of nitrogens with zero attached hydrogens (tertiary/aromatic N) is 4. The van der Waals surface area contributed by atoms with Gasteiger partial charge in [-0.3, -0.25) is 4.79 Å². The van der Waals surface area contributed by atoms with Gasteiger partial charge in [0.05, 0.1) is 24.4 Å². The van der Waals surface area contributed by atoms with Crippen molar-refractivity contribution in [3.8, 4) is 11.4 Å². The maximum absolute atomic E-state index is 12.9. The number of methoxy groups -OCH3 is 1. The van der Waals surface area contributed by atoms with Crippen LogP contribution < -0.4 is 4.74 Å². The lowest BCUT2D eigenvalue weighted by atomic mass is 10.1. The molecule has 0 spiro atoms. The first kappa shape index (κ1) is 15.0. The molecule has 0 saturated heterocycles. The van der Waals surface area contributed by atoms with Crippen LogP contribution in [-0.4, -0.2) is 32.6 Å². The molecule has 0 unspecified atom stereocenters. The summed E-state index contributed by atoms with van der Waals surface area (Å²) in [6.07, 6.45) is 3.01. The van der Waals surface area contributed by atoms with Gasteiger partial charge in [0.25, 0.3) is 0 Å². The van der Waals surface area contributed by atoms with Gasteiger partial charge in [-0.05, 0) is 24.3 Å². The summed E-state index contributed by atoms with van der Waals surface area (Å²) < 4.78 is 6.88. The number of hydrogen-bond donors (Lipinski definition) is 0. The molecule has 6 nitrogen and oxygen atoms in total. The molecule has 4 rings (SSSR count). The number of hydrogen-bond acceptors (Lipinski definition) is 5. The van der Waals surface area contributed by atoms with Gasteiger partial charge in [-0.25, -0.2) is 14.6 Å². The van der Waals surface area contributed by atoms with E-state index in [0.29, 0.717) is 28.0 Å². The second-order valence-electron chi connectivity index (χ2n) is 5.41. The van der Waals surface area contributed by atoms with Gasteiger partial charge in [-0.1, -0.05) is 30.3 Å². The molecule has 0 aliphatic carbocycles. The van der Waals surface area contributed by atoms with E-state index in [4.69, 9.17) is 4.74 Å². The van der Waals surface area contributed by atoms with E-state index >= 15 is 0 Å².